The molecule has 3 aromatic rings. The third kappa shape index (κ3) is 8.92. The minimum absolute atomic E-state index is 0.0170. The van der Waals surface area contributed by atoms with Crippen LogP contribution in [0.25, 0.3) is 0 Å². The van der Waals surface area contributed by atoms with Gasteiger partial charge in [-0.2, -0.15) is 27.5 Å². The number of rotatable bonds is 10. The maximum Gasteiger partial charge on any atom is 0.388 e. The number of ether oxygens (including phenoxy) is 3. The van der Waals surface area contributed by atoms with Crippen molar-refractivity contribution in [3.05, 3.63) is 65.0 Å². The van der Waals surface area contributed by atoms with E-state index in [1.165, 1.54) is 27.8 Å². The van der Waals surface area contributed by atoms with Gasteiger partial charge in [-0.3, -0.25) is 24.6 Å². The van der Waals surface area contributed by atoms with Crippen LogP contribution in [0.15, 0.2) is 58.5 Å². The molecule has 1 aromatic heterocycles. The van der Waals surface area contributed by atoms with Crippen LogP contribution in [0.2, 0.25) is 0 Å². The Morgan fingerprint density at radius 2 is 1.54 bits per heavy atom. The van der Waals surface area contributed by atoms with Crippen LogP contribution in [0.5, 0.6) is 17.5 Å². The molecule has 3 N–H and O–H groups in total. The second kappa shape index (κ2) is 16.7. The highest BCUT2D eigenvalue weighted by molar-refractivity contribution is 7.90. The number of carboxylic acids is 1. The smallest absolute Gasteiger partial charge is 0.388 e. The van der Waals surface area contributed by atoms with Crippen molar-refractivity contribution in [2.24, 2.45) is 0 Å². The number of sulfonamides is 1. The summed E-state index contributed by atoms with van der Waals surface area (Å²) in [5, 5.41) is 10.7. The molecule has 2 aromatic carbocycles. The lowest BCUT2D eigenvalue weighted by Gasteiger charge is -2.29. The van der Waals surface area contributed by atoms with Crippen molar-refractivity contribution in [2.45, 2.75) is 43.8 Å². The molecule has 0 fully saturated rings. The van der Waals surface area contributed by atoms with Gasteiger partial charge < -0.3 is 19.3 Å². The second-order valence-electron chi connectivity index (χ2n) is 11.3. The number of carbonyl (C=O) groups excluding carboxylic acids is 4. The summed E-state index contributed by atoms with van der Waals surface area (Å²) in [6.45, 7) is -7.08. The number of anilines is 3. The first-order chi connectivity index (χ1) is 26.5. The largest absolute Gasteiger partial charge is 0.481 e. The van der Waals surface area contributed by atoms with E-state index in [-0.39, 0.29) is 36.2 Å². The molecule has 0 unspecified atom stereocenters. The molecule has 3 heterocycles. The Bertz CT molecular complexity index is 2250. The molecule has 294 valence electrons. The van der Waals surface area contributed by atoms with E-state index < -0.39 is 81.0 Å². The summed E-state index contributed by atoms with van der Waals surface area (Å²) in [7, 11) is -4.71. The maximum atomic E-state index is 14.7. The van der Waals surface area contributed by atoms with Crippen LogP contribution in [-0.4, -0.2) is 79.6 Å². The lowest BCUT2D eigenvalue weighted by atomic mass is 9.93. The Labute approximate surface area is 312 Å². The first-order valence-electron chi connectivity index (χ1n) is 15.8. The lowest BCUT2D eigenvalue weighted by Crippen LogP contribution is -2.39. The van der Waals surface area contributed by atoms with Gasteiger partial charge in [-0.25, -0.2) is 32.0 Å². The van der Waals surface area contributed by atoms with Crippen LogP contribution in [0.3, 0.4) is 0 Å². The zero-order valence-electron chi connectivity index (χ0n) is 28.1. The fourth-order valence-corrected chi connectivity index (χ4v) is 6.66. The molecule has 17 nitrogen and oxygen atoms in total. The number of carbonyl (C=O) groups is 5. The summed E-state index contributed by atoms with van der Waals surface area (Å²) >= 11 is 0. The Morgan fingerprint density at radius 3 is 2.09 bits per heavy atom. The summed E-state index contributed by atoms with van der Waals surface area (Å²) in [6, 6.07) is 5.59. The maximum absolute atomic E-state index is 14.7. The fraction of sp³-hybridized carbons (Fsp3) is 0.242. The van der Waals surface area contributed by atoms with Crippen LogP contribution < -0.4 is 34.0 Å². The van der Waals surface area contributed by atoms with E-state index in [4.69, 9.17) is 16.3 Å². The van der Waals surface area contributed by atoms with Gasteiger partial charge in [0.1, 0.15) is 10.6 Å². The number of halogens is 5. The number of imide groups is 1. The number of aromatic carboxylic acids is 1. The number of alkyl halides is 4. The Kier molecular flexibility index (Phi) is 12.0. The quantitative estimate of drug-likeness (QED) is 0.151. The molecule has 0 bridgehead atoms. The fourth-order valence-electron chi connectivity index (χ4n) is 5.55. The van der Waals surface area contributed by atoms with E-state index in [1.807, 2.05) is 0 Å². The molecule has 23 heteroatoms. The normalized spacial score (nSPS) is 15.0. The van der Waals surface area contributed by atoms with Crippen LogP contribution in [-0.2, 0) is 24.4 Å². The summed E-state index contributed by atoms with van der Waals surface area (Å²) in [4.78, 5) is 68.4. The molecule has 0 spiro atoms. The first-order valence-corrected chi connectivity index (χ1v) is 17.2. The summed E-state index contributed by atoms with van der Waals surface area (Å²) in [5.41, 5.74) is 0.348. The second-order valence-corrected chi connectivity index (χ2v) is 13.0. The average Bonchev–Trinajstić information content (AvgIpc) is 3.37. The average molecular weight is 809 g/mol. The number of carboxylic acid groups (broad SMARTS) is 1. The molecule has 5 amide bonds. The van der Waals surface area contributed by atoms with E-state index in [1.54, 1.807) is 5.32 Å². The van der Waals surface area contributed by atoms with Gasteiger partial charge >= 0.3 is 25.2 Å². The van der Waals surface area contributed by atoms with Crippen molar-refractivity contribution in [3.8, 4) is 29.9 Å². The molecule has 0 radical (unpaired) electrons. The van der Waals surface area contributed by atoms with Crippen LogP contribution >= 0.6 is 0 Å². The highest BCUT2D eigenvalue weighted by Gasteiger charge is 2.42. The SMILES string of the molecule is C#CCN1C(=O)COc2cc(F)c(N3C(=O)C4=C(CCCC4)C3=O)cc21.O=C(Nc1nc(OC(F)F)cc(OC(F)F)n1)NS(=O)(=O)c1ccccc1C(=O)O. The molecule has 1 aliphatic carbocycles. The van der Waals surface area contributed by atoms with E-state index in [0.29, 0.717) is 30.1 Å². The van der Waals surface area contributed by atoms with E-state index in [2.05, 4.69) is 25.4 Å². The third-order valence-corrected chi connectivity index (χ3v) is 9.20. The number of nitrogens with zero attached hydrogens (tertiary/aromatic N) is 4. The standard InChI is InChI=1S/C19H15FN2O4.C14H10F4N4O7S/c1-2-7-21-15-9-14(13(20)8-16(15)26-10-17(21)23)22-18(24)11-5-3-4-6-12(11)19(22)25;15-11(16)28-8-5-9(29-12(17)18)20-13(19-8)21-14(25)22-30(26,27)7-4-2-1-3-6(7)10(23)24/h1,8-9H,3-7,10H2;1-5,11-12H,(H,23,24)(H2,19,20,21,22,25). The van der Waals surface area contributed by atoms with Gasteiger partial charge in [0, 0.05) is 17.2 Å². The molecule has 2 aliphatic heterocycles. The van der Waals surface area contributed by atoms with Gasteiger partial charge in [0.2, 0.25) is 17.7 Å². The van der Waals surface area contributed by atoms with Gasteiger partial charge in [-0.05, 0) is 43.9 Å². The van der Waals surface area contributed by atoms with Gasteiger partial charge in [-0.1, -0.05) is 18.1 Å². The summed E-state index contributed by atoms with van der Waals surface area (Å²) in [5.74, 6) is -4.05. The number of fused-ring (bicyclic) bond motifs is 1. The molecular weight excluding hydrogens is 783 g/mol. The third-order valence-electron chi connectivity index (χ3n) is 7.81. The summed E-state index contributed by atoms with van der Waals surface area (Å²) in [6.07, 6.45) is 8.01. The van der Waals surface area contributed by atoms with E-state index >= 15 is 0 Å². The van der Waals surface area contributed by atoms with E-state index in [9.17, 15) is 54.3 Å². The zero-order valence-corrected chi connectivity index (χ0v) is 28.9. The van der Waals surface area contributed by atoms with Crippen molar-refractivity contribution in [1.29, 1.82) is 0 Å². The van der Waals surface area contributed by atoms with Crippen molar-refractivity contribution < 1.29 is 73.7 Å². The van der Waals surface area contributed by atoms with Gasteiger partial charge in [0.05, 0.1) is 29.5 Å². The first kappa shape index (κ1) is 40.4. The zero-order chi connectivity index (χ0) is 40.9. The van der Waals surface area contributed by atoms with Crippen molar-refractivity contribution in [1.82, 2.24) is 14.7 Å². The number of amides is 5. The highest BCUT2D eigenvalue weighted by Crippen LogP contribution is 2.41. The van der Waals surface area contributed by atoms with Gasteiger partial charge in [-0.15, -0.1) is 6.42 Å². The molecular formula is C33H25F5N6O11S. The van der Waals surface area contributed by atoms with Crippen molar-refractivity contribution in [3.63, 3.8) is 0 Å². The Morgan fingerprint density at radius 1 is 0.946 bits per heavy atom. The van der Waals surface area contributed by atoms with Crippen molar-refractivity contribution in [2.75, 3.05) is 28.3 Å². The van der Waals surface area contributed by atoms with Crippen molar-refractivity contribution >= 4 is 57.1 Å². The highest BCUT2D eigenvalue weighted by atomic mass is 32.2. The minimum Gasteiger partial charge on any atom is -0.481 e. The van der Waals surface area contributed by atoms with Gasteiger partial charge in [0.25, 0.3) is 27.7 Å². The predicted octanol–water partition coefficient (Wildman–Crippen LogP) is 3.82. The predicted molar refractivity (Wildman–Crippen MR) is 179 cm³/mol. The Balaban J connectivity index is 0.000000216. The molecule has 0 saturated heterocycles. The molecule has 0 saturated carbocycles. The Hall–Kier alpha value is -6.83. The van der Waals surface area contributed by atoms with Crippen LogP contribution in [0, 0.1) is 18.2 Å². The number of urea groups is 1. The molecule has 6 rings (SSSR count). The van der Waals surface area contributed by atoms with Crippen LogP contribution in [0.1, 0.15) is 36.0 Å². The topological polar surface area (TPSA) is 224 Å². The minimum atomic E-state index is -4.71. The number of hydrogen-bond donors (Lipinski definition) is 3. The van der Waals surface area contributed by atoms with Gasteiger partial charge in [0.15, 0.2) is 12.4 Å². The number of terminal acetylenes is 1. The van der Waals surface area contributed by atoms with E-state index in [0.717, 1.165) is 35.9 Å². The summed E-state index contributed by atoms with van der Waals surface area (Å²) < 4.78 is 103. The lowest BCUT2D eigenvalue weighted by molar-refractivity contribution is -0.121. The monoisotopic (exact) mass is 808 g/mol. The number of benzene rings is 2. The number of nitrogens with one attached hydrogen (secondary N) is 2. The molecule has 56 heavy (non-hydrogen) atoms. The number of aromatic nitrogens is 2. The number of hydrogen-bond acceptors (Lipinski definition) is 12. The van der Waals surface area contributed by atoms with Crippen LogP contribution in [0.4, 0.5) is 44.1 Å². The molecule has 0 atom stereocenters. The molecule has 3 aliphatic rings.